The molecule has 4 aromatic heterocycles. The minimum Gasteiger partial charge on any atom is -0.348 e. The normalized spacial score (nSPS) is 18.0. The zero-order chi connectivity index (χ0) is 23.5. The lowest BCUT2D eigenvalue weighted by molar-refractivity contribution is 0.161. The Morgan fingerprint density at radius 1 is 1.15 bits per heavy atom. The minimum atomic E-state index is 0.0626. The van der Waals surface area contributed by atoms with Crippen LogP contribution in [0.25, 0.3) is 27.4 Å². The summed E-state index contributed by atoms with van der Waals surface area (Å²) >= 11 is 1.62. The van der Waals surface area contributed by atoms with Crippen molar-refractivity contribution in [3.63, 3.8) is 0 Å². The SMILES string of the molecule is Cc1cn2cc(-c3ncc4sc(N(C)C5CC(C)(C)NC(C)(C)C5)nc4n3)cc(C#N)c2n1. The van der Waals surface area contributed by atoms with Crippen LogP contribution >= 0.6 is 11.3 Å². The van der Waals surface area contributed by atoms with E-state index >= 15 is 0 Å². The van der Waals surface area contributed by atoms with Crippen LogP contribution in [-0.2, 0) is 0 Å². The molecule has 0 saturated carbocycles. The molecule has 0 radical (unpaired) electrons. The molecule has 1 saturated heterocycles. The second-order valence-electron chi connectivity index (χ2n) is 10.3. The average Bonchev–Trinajstić information content (AvgIpc) is 3.31. The summed E-state index contributed by atoms with van der Waals surface area (Å²) < 4.78 is 2.81. The van der Waals surface area contributed by atoms with Crippen molar-refractivity contribution in [2.45, 2.75) is 64.6 Å². The van der Waals surface area contributed by atoms with Gasteiger partial charge in [-0.2, -0.15) is 10.2 Å². The number of aromatic nitrogens is 5. The van der Waals surface area contributed by atoms with Gasteiger partial charge in [-0.3, -0.25) is 0 Å². The molecule has 0 aliphatic carbocycles. The van der Waals surface area contributed by atoms with Crippen LogP contribution in [0.1, 0.15) is 51.8 Å². The van der Waals surface area contributed by atoms with Crippen LogP contribution in [-0.4, -0.2) is 48.5 Å². The number of fused-ring (bicyclic) bond motifs is 2. The molecule has 0 amide bonds. The summed E-state index contributed by atoms with van der Waals surface area (Å²) in [5.74, 6) is 0.552. The van der Waals surface area contributed by atoms with Gasteiger partial charge < -0.3 is 14.6 Å². The van der Waals surface area contributed by atoms with Crippen LogP contribution in [0.5, 0.6) is 0 Å². The smallest absolute Gasteiger partial charge is 0.188 e. The van der Waals surface area contributed by atoms with Crippen LogP contribution < -0.4 is 10.2 Å². The van der Waals surface area contributed by atoms with Crippen LogP contribution in [0.15, 0.2) is 24.7 Å². The Morgan fingerprint density at radius 2 is 1.88 bits per heavy atom. The predicted molar refractivity (Wildman–Crippen MR) is 132 cm³/mol. The number of pyridine rings is 1. The number of imidazole rings is 1. The number of thiazole rings is 1. The van der Waals surface area contributed by atoms with Crippen LogP contribution in [0.3, 0.4) is 0 Å². The number of hydrogen-bond acceptors (Lipinski definition) is 8. The maximum absolute atomic E-state index is 9.59. The molecule has 1 fully saturated rings. The summed E-state index contributed by atoms with van der Waals surface area (Å²) in [6.45, 7) is 11.0. The Balaban J connectivity index is 1.50. The third kappa shape index (κ3) is 4.05. The monoisotopic (exact) mass is 460 g/mol. The number of aryl methyl sites for hydroxylation is 1. The highest BCUT2D eigenvalue weighted by Gasteiger charge is 2.39. The Morgan fingerprint density at radius 3 is 2.58 bits per heavy atom. The van der Waals surface area contributed by atoms with Crippen molar-refractivity contribution in [3.05, 3.63) is 35.9 Å². The lowest BCUT2D eigenvalue weighted by atomic mass is 9.79. The highest BCUT2D eigenvalue weighted by molar-refractivity contribution is 7.22. The van der Waals surface area contributed by atoms with Crippen LogP contribution in [0, 0.1) is 18.3 Å². The first kappa shape index (κ1) is 21.7. The summed E-state index contributed by atoms with van der Waals surface area (Å²) in [5.41, 5.74) is 3.57. The fourth-order valence-electron chi connectivity index (χ4n) is 5.14. The first-order valence-electron chi connectivity index (χ1n) is 11.1. The van der Waals surface area contributed by atoms with Crippen LogP contribution in [0.4, 0.5) is 5.13 Å². The molecule has 1 aliphatic heterocycles. The number of nitriles is 1. The van der Waals surface area contributed by atoms with Crippen molar-refractivity contribution < 1.29 is 0 Å². The Bertz CT molecular complexity index is 1390. The molecule has 170 valence electrons. The van der Waals surface area contributed by atoms with Gasteiger partial charge in [-0.05, 0) is 53.5 Å². The van der Waals surface area contributed by atoms with Crippen molar-refractivity contribution in [1.82, 2.24) is 29.7 Å². The number of rotatable bonds is 3. The van der Waals surface area contributed by atoms with Gasteiger partial charge in [-0.1, -0.05) is 11.3 Å². The van der Waals surface area contributed by atoms with E-state index in [0.29, 0.717) is 28.7 Å². The molecular weight excluding hydrogens is 432 g/mol. The van der Waals surface area contributed by atoms with Gasteiger partial charge in [0.1, 0.15) is 6.07 Å². The van der Waals surface area contributed by atoms with Crippen molar-refractivity contribution in [3.8, 4) is 17.5 Å². The van der Waals surface area contributed by atoms with Gasteiger partial charge in [0, 0.05) is 42.1 Å². The molecule has 5 heterocycles. The summed E-state index contributed by atoms with van der Waals surface area (Å²) in [6, 6.07) is 4.41. The van der Waals surface area contributed by atoms with E-state index in [1.807, 2.05) is 29.9 Å². The third-order valence-corrected chi connectivity index (χ3v) is 7.28. The van der Waals surface area contributed by atoms with Gasteiger partial charge >= 0.3 is 0 Å². The molecule has 0 bridgehead atoms. The molecule has 5 rings (SSSR count). The molecule has 1 aliphatic rings. The molecule has 9 heteroatoms. The number of anilines is 1. The predicted octanol–water partition coefficient (Wildman–Crippen LogP) is 4.33. The fraction of sp³-hybridized carbons (Fsp3) is 0.458. The zero-order valence-electron chi connectivity index (χ0n) is 19.8. The molecule has 4 aromatic rings. The second kappa shape index (κ2) is 7.47. The van der Waals surface area contributed by atoms with E-state index in [0.717, 1.165) is 33.9 Å². The van der Waals surface area contributed by atoms with E-state index in [2.05, 4.69) is 61.0 Å². The molecule has 8 nitrogen and oxygen atoms in total. The summed E-state index contributed by atoms with van der Waals surface area (Å²) in [4.78, 5) is 20.9. The van der Waals surface area contributed by atoms with Gasteiger partial charge in [-0.15, -0.1) is 0 Å². The lowest BCUT2D eigenvalue weighted by Gasteiger charge is -2.48. The maximum Gasteiger partial charge on any atom is 0.188 e. The highest BCUT2D eigenvalue weighted by Crippen LogP contribution is 2.36. The highest BCUT2D eigenvalue weighted by atomic mass is 32.1. The van der Waals surface area contributed by atoms with Crippen molar-refractivity contribution in [2.75, 3.05) is 11.9 Å². The molecule has 1 N–H and O–H groups in total. The first-order chi connectivity index (χ1) is 15.5. The fourth-order valence-corrected chi connectivity index (χ4v) is 6.05. The lowest BCUT2D eigenvalue weighted by Crippen LogP contribution is -2.61. The van der Waals surface area contributed by atoms with Crippen molar-refractivity contribution >= 4 is 32.5 Å². The number of nitrogens with zero attached hydrogens (tertiary/aromatic N) is 7. The van der Waals surface area contributed by atoms with Gasteiger partial charge in [0.2, 0.25) is 0 Å². The van der Waals surface area contributed by atoms with Gasteiger partial charge in [-0.25, -0.2) is 15.0 Å². The molecule has 0 atom stereocenters. The maximum atomic E-state index is 9.59. The molecular formula is C24H28N8S. The summed E-state index contributed by atoms with van der Waals surface area (Å²) in [6.07, 6.45) is 7.73. The summed E-state index contributed by atoms with van der Waals surface area (Å²) in [5, 5.41) is 14.3. The van der Waals surface area contributed by atoms with E-state index in [9.17, 15) is 5.26 Å². The minimum absolute atomic E-state index is 0.0626. The third-order valence-electron chi connectivity index (χ3n) is 6.21. The largest absolute Gasteiger partial charge is 0.348 e. The van der Waals surface area contributed by atoms with Gasteiger partial charge in [0.05, 0.1) is 22.2 Å². The standard InChI is InChI=1S/C24H28N8S/c1-14-12-32-13-16(7-15(10-25)21(32)27-14)19-26-11-18-20(28-19)29-22(33-18)31(6)17-8-23(2,3)30-24(4,5)9-17/h7,11-13,17,30H,8-9H2,1-6H3. The van der Waals surface area contributed by atoms with Crippen molar-refractivity contribution in [1.29, 1.82) is 5.26 Å². The van der Waals surface area contributed by atoms with Crippen LogP contribution in [0.2, 0.25) is 0 Å². The molecule has 33 heavy (non-hydrogen) atoms. The first-order valence-corrected chi connectivity index (χ1v) is 11.9. The van der Waals surface area contributed by atoms with E-state index < -0.39 is 0 Å². The van der Waals surface area contributed by atoms with Gasteiger partial charge in [0.25, 0.3) is 0 Å². The Hall–Kier alpha value is -3.09. The molecule has 0 unspecified atom stereocenters. The van der Waals surface area contributed by atoms with E-state index in [-0.39, 0.29) is 11.1 Å². The van der Waals surface area contributed by atoms with E-state index in [1.165, 1.54) is 0 Å². The number of hydrogen-bond donors (Lipinski definition) is 1. The molecule has 0 spiro atoms. The van der Waals surface area contributed by atoms with Gasteiger partial charge in [0.15, 0.2) is 22.3 Å². The van der Waals surface area contributed by atoms with Crippen molar-refractivity contribution in [2.24, 2.45) is 0 Å². The van der Waals surface area contributed by atoms with E-state index in [1.54, 1.807) is 17.4 Å². The number of piperidine rings is 1. The Kier molecular flexibility index (Phi) is 4.92. The number of nitrogens with one attached hydrogen (secondary N) is 1. The molecule has 0 aromatic carbocycles. The second-order valence-corrected chi connectivity index (χ2v) is 11.3. The Labute approximate surface area is 197 Å². The quantitative estimate of drug-likeness (QED) is 0.486. The zero-order valence-corrected chi connectivity index (χ0v) is 20.7. The van der Waals surface area contributed by atoms with E-state index in [4.69, 9.17) is 9.97 Å². The summed E-state index contributed by atoms with van der Waals surface area (Å²) in [7, 11) is 2.13. The topological polar surface area (TPSA) is 95.0 Å². The average molecular weight is 461 g/mol.